The molecule has 40 heavy (non-hydrogen) atoms. The average Bonchev–Trinajstić information content (AvgIpc) is 3.09. The first-order valence-corrected chi connectivity index (χ1v) is 14.1. The molecular weight excluding hydrogens is 568 g/mol. The number of amides is 3. The van der Waals surface area contributed by atoms with Crippen molar-refractivity contribution in [2.24, 2.45) is 0 Å². The number of imide groups is 1. The summed E-state index contributed by atoms with van der Waals surface area (Å²) >= 11 is 12.1. The van der Waals surface area contributed by atoms with Crippen LogP contribution >= 0.6 is 23.2 Å². The molecule has 2 N–H and O–H groups in total. The highest BCUT2D eigenvalue weighted by Crippen LogP contribution is 2.41. The molecule has 0 saturated carbocycles. The Morgan fingerprint density at radius 3 is 2.12 bits per heavy atom. The number of alkyl halides is 3. The summed E-state index contributed by atoms with van der Waals surface area (Å²) in [6.07, 6.45) is -1.51. The Balaban J connectivity index is 1.69. The van der Waals surface area contributed by atoms with Crippen molar-refractivity contribution in [2.75, 3.05) is 13.2 Å². The van der Waals surface area contributed by atoms with Crippen LogP contribution in [0.15, 0.2) is 30.3 Å². The lowest BCUT2D eigenvalue weighted by Crippen LogP contribution is -2.41. The SMILES string of the molecule is CCCc1cc(C(C)(O)C(F)(F)F)cc(CCC)c1OCCCCN1C(=O)NC(C)(c2ccc(Cl)c(Cl)c2)C1=O. The van der Waals surface area contributed by atoms with Gasteiger partial charge in [-0.25, -0.2) is 4.79 Å². The number of carbonyl (C=O) groups is 2. The van der Waals surface area contributed by atoms with Gasteiger partial charge in [-0.2, -0.15) is 13.2 Å². The molecule has 1 aliphatic heterocycles. The summed E-state index contributed by atoms with van der Waals surface area (Å²) < 4.78 is 46.7. The summed E-state index contributed by atoms with van der Waals surface area (Å²) in [5, 5.41) is 13.6. The number of aliphatic hydroxyl groups is 1. The van der Waals surface area contributed by atoms with Crippen molar-refractivity contribution in [3.05, 3.63) is 62.6 Å². The fourth-order valence-electron chi connectivity index (χ4n) is 4.74. The lowest BCUT2D eigenvalue weighted by Gasteiger charge is -2.29. The van der Waals surface area contributed by atoms with Gasteiger partial charge in [-0.15, -0.1) is 0 Å². The van der Waals surface area contributed by atoms with E-state index < -0.39 is 29.3 Å². The third kappa shape index (κ3) is 6.52. The van der Waals surface area contributed by atoms with E-state index in [1.165, 1.54) is 12.1 Å². The predicted molar refractivity (Wildman–Crippen MR) is 149 cm³/mol. The van der Waals surface area contributed by atoms with Crippen LogP contribution < -0.4 is 10.1 Å². The first-order valence-electron chi connectivity index (χ1n) is 13.3. The molecule has 11 heteroatoms. The van der Waals surface area contributed by atoms with Gasteiger partial charge in [0.1, 0.15) is 11.3 Å². The summed E-state index contributed by atoms with van der Waals surface area (Å²) in [7, 11) is 0. The highest BCUT2D eigenvalue weighted by Gasteiger charge is 2.51. The molecule has 3 amide bonds. The fourth-order valence-corrected chi connectivity index (χ4v) is 5.04. The minimum absolute atomic E-state index is 0.169. The molecule has 1 saturated heterocycles. The van der Waals surface area contributed by atoms with Crippen LogP contribution in [-0.2, 0) is 28.8 Å². The number of nitrogens with zero attached hydrogens (tertiary/aromatic N) is 1. The molecule has 0 aliphatic carbocycles. The summed E-state index contributed by atoms with van der Waals surface area (Å²) in [6, 6.07) is 7.01. The van der Waals surface area contributed by atoms with Crippen molar-refractivity contribution in [2.45, 2.75) is 83.5 Å². The number of hydrogen-bond donors (Lipinski definition) is 2. The van der Waals surface area contributed by atoms with Gasteiger partial charge in [-0.05, 0) is 86.1 Å². The van der Waals surface area contributed by atoms with E-state index in [4.69, 9.17) is 27.9 Å². The minimum Gasteiger partial charge on any atom is -0.493 e. The molecule has 2 aromatic rings. The number of ether oxygens (including phenoxy) is 1. The molecule has 0 radical (unpaired) electrons. The van der Waals surface area contributed by atoms with Crippen molar-refractivity contribution in [1.82, 2.24) is 10.2 Å². The molecule has 1 aliphatic rings. The van der Waals surface area contributed by atoms with Crippen molar-refractivity contribution in [3.8, 4) is 5.75 Å². The van der Waals surface area contributed by atoms with Gasteiger partial charge in [0.25, 0.3) is 5.91 Å². The van der Waals surface area contributed by atoms with E-state index in [2.05, 4.69) is 5.32 Å². The zero-order valence-electron chi connectivity index (χ0n) is 23.1. The standard InChI is InChI=1S/C29H35Cl2F3N2O4/c1-5-9-18-15-21(28(4,39)29(32,33)34)16-19(10-6-2)24(18)40-14-8-7-13-36-25(37)27(3,35-26(36)38)20-11-12-22(30)23(31)17-20/h11-12,15-17,39H,5-10,13-14H2,1-4H3,(H,35,38). The molecule has 2 unspecified atom stereocenters. The largest absolute Gasteiger partial charge is 0.493 e. The Morgan fingerprint density at radius 2 is 1.60 bits per heavy atom. The summed E-state index contributed by atoms with van der Waals surface area (Å²) in [4.78, 5) is 27.0. The monoisotopic (exact) mass is 602 g/mol. The first kappa shape index (κ1) is 32.0. The Kier molecular flexibility index (Phi) is 10.1. The summed E-state index contributed by atoms with van der Waals surface area (Å²) in [6.45, 7) is 6.62. The second-order valence-corrected chi connectivity index (χ2v) is 11.2. The molecule has 2 aromatic carbocycles. The van der Waals surface area contributed by atoms with Gasteiger partial charge in [0.15, 0.2) is 5.60 Å². The maximum atomic E-state index is 13.6. The van der Waals surface area contributed by atoms with Crippen LogP contribution in [0.5, 0.6) is 5.75 Å². The Labute approximate surface area is 242 Å². The summed E-state index contributed by atoms with van der Waals surface area (Å²) in [5.41, 5.74) is -2.72. The smallest absolute Gasteiger partial charge is 0.421 e. The van der Waals surface area contributed by atoms with Gasteiger partial charge >= 0.3 is 12.2 Å². The molecule has 220 valence electrons. The maximum absolute atomic E-state index is 13.6. The van der Waals surface area contributed by atoms with Gasteiger partial charge in [-0.1, -0.05) is 56.0 Å². The molecule has 2 atom stereocenters. The second kappa shape index (κ2) is 12.6. The summed E-state index contributed by atoms with van der Waals surface area (Å²) in [5.74, 6) is 0.132. The highest BCUT2D eigenvalue weighted by molar-refractivity contribution is 6.42. The third-order valence-electron chi connectivity index (χ3n) is 7.19. The molecule has 0 bridgehead atoms. The van der Waals surface area contributed by atoms with Crippen LogP contribution in [0.4, 0.5) is 18.0 Å². The van der Waals surface area contributed by atoms with Crippen LogP contribution in [0.25, 0.3) is 0 Å². The topological polar surface area (TPSA) is 78.9 Å². The molecule has 1 heterocycles. The van der Waals surface area contributed by atoms with Gasteiger partial charge in [0.2, 0.25) is 0 Å². The minimum atomic E-state index is -4.82. The number of urea groups is 1. The Morgan fingerprint density at radius 1 is 1.00 bits per heavy atom. The van der Waals surface area contributed by atoms with Crippen molar-refractivity contribution >= 4 is 35.1 Å². The second-order valence-electron chi connectivity index (χ2n) is 10.4. The number of halogens is 5. The zero-order chi connectivity index (χ0) is 29.9. The van der Waals surface area contributed by atoms with Crippen LogP contribution in [0, 0.1) is 0 Å². The Bertz CT molecular complexity index is 1230. The van der Waals surface area contributed by atoms with Crippen LogP contribution in [0.3, 0.4) is 0 Å². The predicted octanol–water partition coefficient (Wildman–Crippen LogP) is 7.29. The van der Waals surface area contributed by atoms with E-state index in [-0.39, 0.29) is 23.7 Å². The molecule has 3 rings (SSSR count). The maximum Gasteiger partial charge on any atom is 0.421 e. The van der Waals surface area contributed by atoms with E-state index in [0.29, 0.717) is 66.0 Å². The molecule has 6 nitrogen and oxygen atoms in total. The van der Waals surface area contributed by atoms with Crippen LogP contribution in [0.2, 0.25) is 10.0 Å². The molecule has 1 fully saturated rings. The van der Waals surface area contributed by atoms with E-state index in [0.717, 1.165) is 11.8 Å². The van der Waals surface area contributed by atoms with Crippen molar-refractivity contribution in [1.29, 1.82) is 0 Å². The zero-order valence-corrected chi connectivity index (χ0v) is 24.6. The number of carbonyl (C=O) groups excluding carboxylic acids is 2. The normalized spacial score (nSPS) is 19.1. The van der Waals surface area contributed by atoms with E-state index in [9.17, 15) is 27.9 Å². The fraction of sp³-hybridized carbons (Fsp3) is 0.517. The molecule has 0 spiro atoms. The van der Waals surface area contributed by atoms with Crippen LogP contribution in [0.1, 0.15) is 75.6 Å². The number of unbranched alkanes of at least 4 members (excludes halogenated alkanes) is 1. The molecular formula is C29H35Cl2F3N2O4. The van der Waals surface area contributed by atoms with E-state index in [1.54, 1.807) is 25.1 Å². The number of rotatable bonds is 12. The Hall–Kier alpha value is -2.49. The van der Waals surface area contributed by atoms with Gasteiger partial charge in [0, 0.05) is 6.54 Å². The average molecular weight is 604 g/mol. The number of nitrogens with one attached hydrogen (secondary N) is 1. The van der Waals surface area contributed by atoms with E-state index in [1.807, 2.05) is 13.8 Å². The number of benzene rings is 2. The van der Waals surface area contributed by atoms with E-state index >= 15 is 0 Å². The van der Waals surface area contributed by atoms with Crippen molar-refractivity contribution in [3.63, 3.8) is 0 Å². The van der Waals surface area contributed by atoms with Crippen LogP contribution in [-0.4, -0.2) is 41.3 Å². The number of aryl methyl sites for hydroxylation is 2. The van der Waals surface area contributed by atoms with Crippen molar-refractivity contribution < 1.29 is 32.6 Å². The van der Waals surface area contributed by atoms with Gasteiger partial charge in [-0.3, -0.25) is 9.69 Å². The lowest BCUT2D eigenvalue weighted by molar-refractivity contribution is -0.258. The number of hydrogen-bond acceptors (Lipinski definition) is 4. The third-order valence-corrected chi connectivity index (χ3v) is 7.93. The quantitative estimate of drug-likeness (QED) is 0.197. The van der Waals surface area contributed by atoms with Gasteiger partial charge in [0.05, 0.1) is 16.7 Å². The van der Waals surface area contributed by atoms with Gasteiger partial charge < -0.3 is 15.2 Å². The lowest BCUT2D eigenvalue weighted by atomic mass is 9.89. The highest BCUT2D eigenvalue weighted by atomic mass is 35.5. The first-order chi connectivity index (χ1) is 18.7. The molecule has 0 aromatic heterocycles.